The van der Waals surface area contributed by atoms with E-state index in [9.17, 15) is 19.2 Å². The predicted molar refractivity (Wildman–Crippen MR) is 175 cm³/mol. The van der Waals surface area contributed by atoms with Gasteiger partial charge in [0.2, 0.25) is 0 Å². The summed E-state index contributed by atoms with van der Waals surface area (Å²) in [6.45, 7) is 11.0. The molecule has 1 saturated heterocycles. The first-order valence-electron chi connectivity index (χ1n) is 17.2. The van der Waals surface area contributed by atoms with E-state index in [1.807, 2.05) is 27.7 Å². The molecule has 1 heterocycles. The van der Waals surface area contributed by atoms with E-state index in [1.54, 1.807) is 0 Å². The van der Waals surface area contributed by atoms with Crippen LogP contribution in [0.25, 0.3) is 0 Å². The second kappa shape index (κ2) is 17.8. The number of piperazine rings is 1. The third kappa shape index (κ3) is 9.50. The molecule has 46 heavy (non-hydrogen) atoms. The van der Waals surface area contributed by atoms with Gasteiger partial charge in [-0.2, -0.15) is 0 Å². The molecule has 0 saturated carbocycles. The molecule has 0 radical (unpaired) electrons. The molecule has 0 N–H and O–H groups in total. The maximum atomic E-state index is 12.4. The van der Waals surface area contributed by atoms with Crippen LogP contribution in [0.1, 0.15) is 91.9 Å². The van der Waals surface area contributed by atoms with E-state index in [0.29, 0.717) is 25.7 Å². The molecule has 1 fully saturated rings. The van der Waals surface area contributed by atoms with Crippen LogP contribution in [0.2, 0.25) is 0 Å². The number of rotatable bonds is 14. The number of nitrogens with zero attached hydrogens (tertiary/aromatic N) is 2. The lowest BCUT2D eigenvalue weighted by Gasteiger charge is -2.47. The molecule has 0 aromatic carbocycles. The summed E-state index contributed by atoms with van der Waals surface area (Å²) in [4.78, 5) is 54.7. The molecular weight excluding hydrogens is 588 g/mol. The van der Waals surface area contributed by atoms with Gasteiger partial charge in [-0.05, 0) is 87.2 Å². The monoisotopic (exact) mass is 646 g/mol. The number of carbonyl (C=O) groups excluding carboxylic acids is 4. The Bertz CT molecular complexity index is 1050. The smallest absolute Gasteiger partial charge is 0.308 e. The van der Waals surface area contributed by atoms with E-state index in [0.717, 1.165) is 64.7 Å². The maximum Gasteiger partial charge on any atom is 0.308 e. The topological polar surface area (TPSA) is 112 Å². The van der Waals surface area contributed by atoms with Crippen molar-refractivity contribution in [3.8, 4) is 0 Å². The molecule has 0 spiro atoms. The van der Waals surface area contributed by atoms with Gasteiger partial charge in [0.05, 0.1) is 52.1 Å². The Morgan fingerprint density at radius 1 is 0.565 bits per heavy atom. The molecule has 0 aromatic heterocycles. The molecule has 0 amide bonds. The van der Waals surface area contributed by atoms with Crippen LogP contribution in [0.15, 0.2) is 22.5 Å². The van der Waals surface area contributed by atoms with Crippen molar-refractivity contribution in [3.63, 3.8) is 0 Å². The lowest BCUT2D eigenvalue weighted by atomic mass is 9.78. The molecule has 6 unspecified atom stereocenters. The zero-order valence-electron chi connectivity index (χ0n) is 29.5. The van der Waals surface area contributed by atoms with Crippen molar-refractivity contribution in [2.45, 2.75) is 91.9 Å². The lowest BCUT2D eigenvalue weighted by molar-refractivity contribution is -0.146. The van der Waals surface area contributed by atoms with Crippen molar-refractivity contribution in [2.75, 3.05) is 54.6 Å². The molecular formula is C36H58N2O8. The van der Waals surface area contributed by atoms with Crippen LogP contribution in [-0.4, -0.2) is 88.3 Å². The van der Waals surface area contributed by atoms with Gasteiger partial charge in [-0.15, -0.1) is 0 Å². The van der Waals surface area contributed by atoms with E-state index in [-0.39, 0.29) is 59.4 Å². The van der Waals surface area contributed by atoms with Crippen molar-refractivity contribution < 1.29 is 38.1 Å². The van der Waals surface area contributed by atoms with E-state index < -0.39 is 0 Å². The van der Waals surface area contributed by atoms with Crippen LogP contribution in [0, 0.1) is 35.5 Å². The molecule has 0 aromatic rings. The molecule has 1 aliphatic heterocycles. The molecule has 3 rings (SSSR count). The van der Waals surface area contributed by atoms with Crippen LogP contribution in [0.4, 0.5) is 0 Å². The van der Waals surface area contributed by atoms with Crippen LogP contribution in [-0.2, 0) is 38.1 Å². The Labute approximate surface area is 276 Å². The summed E-state index contributed by atoms with van der Waals surface area (Å²) in [5, 5.41) is 0. The normalized spacial score (nSPS) is 23.3. The van der Waals surface area contributed by atoms with Gasteiger partial charge >= 0.3 is 23.9 Å². The molecule has 0 bridgehead atoms. The van der Waals surface area contributed by atoms with E-state index in [2.05, 4.69) is 9.80 Å². The third-order valence-corrected chi connectivity index (χ3v) is 10.3. The number of carbonyl (C=O) groups is 4. The maximum absolute atomic E-state index is 12.4. The van der Waals surface area contributed by atoms with Gasteiger partial charge in [0.25, 0.3) is 0 Å². The fraction of sp³-hybridized carbons (Fsp3) is 0.778. The fourth-order valence-electron chi connectivity index (χ4n) is 8.01. The molecule has 6 atom stereocenters. The molecule has 10 nitrogen and oxygen atoms in total. The first-order valence-corrected chi connectivity index (χ1v) is 17.2. The van der Waals surface area contributed by atoms with Gasteiger partial charge in [0.1, 0.15) is 0 Å². The van der Waals surface area contributed by atoms with E-state index in [1.165, 1.54) is 51.0 Å². The second-order valence-corrected chi connectivity index (χ2v) is 13.7. The first kappa shape index (κ1) is 37.4. The summed E-state index contributed by atoms with van der Waals surface area (Å²) in [7, 11) is 5.76. The fourth-order valence-corrected chi connectivity index (χ4v) is 8.01. The van der Waals surface area contributed by atoms with Crippen LogP contribution >= 0.6 is 0 Å². The van der Waals surface area contributed by atoms with Gasteiger partial charge in [0, 0.05) is 37.6 Å². The summed E-state index contributed by atoms with van der Waals surface area (Å²) in [6.07, 6.45) is 8.67. The number of allylic oxidation sites excluding steroid dienone is 4. The number of hydrogen-bond donors (Lipinski definition) is 0. The summed E-state index contributed by atoms with van der Waals surface area (Å²) in [6, 6.07) is 0. The SMILES string of the molecule is COC(=O)C(C)CC1=C(N2CCN(C3=C(CC(C)C(=O)OC)CCCC3CC(C)C(=O)OC)CC2)C(CC(C)C(=O)OC)CCC1. The minimum atomic E-state index is -0.239. The average molecular weight is 647 g/mol. The largest absolute Gasteiger partial charge is 0.469 e. The van der Waals surface area contributed by atoms with Crippen LogP contribution < -0.4 is 0 Å². The standard InChI is InChI=1S/C36H58N2O8/c1-23(33(39)43-5)19-27-11-9-12-28(20-24(2)34(40)44-6)31(27)37-15-17-38(18-16-37)32-29(21-25(3)35(41)45-7)13-10-14-30(32)22-26(4)36(42)46-8/h23-27,29H,9-22H2,1-8H3. The highest BCUT2D eigenvalue weighted by atomic mass is 16.5. The van der Waals surface area contributed by atoms with E-state index >= 15 is 0 Å². The van der Waals surface area contributed by atoms with Gasteiger partial charge < -0.3 is 28.7 Å². The molecule has 10 heteroatoms. The van der Waals surface area contributed by atoms with Crippen LogP contribution in [0.5, 0.6) is 0 Å². The Hall–Kier alpha value is -3.04. The first-order chi connectivity index (χ1) is 21.9. The highest BCUT2D eigenvalue weighted by Crippen LogP contribution is 2.42. The molecule has 3 aliphatic rings. The van der Waals surface area contributed by atoms with Crippen molar-refractivity contribution in [2.24, 2.45) is 35.5 Å². The zero-order chi connectivity index (χ0) is 34.0. The van der Waals surface area contributed by atoms with Crippen LogP contribution in [0.3, 0.4) is 0 Å². The number of esters is 4. The molecule has 2 aliphatic carbocycles. The van der Waals surface area contributed by atoms with Crippen molar-refractivity contribution >= 4 is 23.9 Å². The van der Waals surface area contributed by atoms with Gasteiger partial charge in [-0.25, -0.2) is 0 Å². The Morgan fingerprint density at radius 3 is 1.17 bits per heavy atom. The Balaban J connectivity index is 1.92. The number of hydrogen-bond acceptors (Lipinski definition) is 10. The van der Waals surface area contributed by atoms with Crippen molar-refractivity contribution in [1.82, 2.24) is 9.80 Å². The predicted octanol–water partition coefficient (Wildman–Crippen LogP) is 5.51. The van der Waals surface area contributed by atoms with Gasteiger partial charge in [0.15, 0.2) is 0 Å². The number of ether oxygens (including phenoxy) is 4. The highest BCUT2D eigenvalue weighted by molar-refractivity contribution is 5.73. The Kier molecular flexibility index (Phi) is 14.4. The summed E-state index contributed by atoms with van der Waals surface area (Å²) >= 11 is 0. The minimum Gasteiger partial charge on any atom is -0.469 e. The minimum absolute atomic E-state index is 0.190. The summed E-state index contributed by atoms with van der Waals surface area (Å²) in [5.41, 5.74) is 5.19. The molecule has 260 valence electrons. The number of methoxy groups -OCH3 is 4. The Morgan fingerprint density at radius 2 is 0.870 bits per heavy atom. The summed E-state index contributed by atoms with van der Waals surface area (Å²) < 4.78 is 20.3. The third-order valence-electron chi connectivity index (χ3n) is 10.3. The van der Waals surface area contributed by atoms with Crippen molar-refractivity contribution in [1.29, 1.82) is 0 Å². The average Bonchev–Trinajstić information content (AvgIpc) is 3.06. The second-order valence-electron chi connectivity index (χ2n) is 13.7. The zero-order valence-corrected chi connectivity index (χ0v) is 29.5. The van der Waals surface area contributed by atoms with Gasteiger partial charge in [-0.3, -0.25) is 19.2 Å². The quantitative estimate of drug-likeness (QED) is 0.177. The summed E-state index contributed by atoms with van der Waals surface area (Å²) in [5.74, 6) is -1.26. The van der Waals surface area contributed by atoms with Gasteiger partial charge in [-0.1, -0.05) is 27.7 Å². The van der Waals surface area contributed by atoms with Crippen molar-refractivity contribution in [3.05, 3.63) is 22.5 Å². The highest BCUT2D eigenvalue weighted by Gasteiger charge is 2.36. The lowest BCUT2D eigenvalue weighted by Crippen LogP contribution is -2.49. The van der Waals surface area contributed by atoms with E-state index in [4.69, 9.17) is 18.9 Å².